The minimum atomic E-state index is -1.04. The number of methoxy groups -OCH3 is 1. The van der Waals surface area contributed by atoms with Gasteiger partial charge < -0.3 is 30.9 Å². The second-order valence-corrected chi connectivity index (χ2v) is 11.5. The molecule has 5 N–H and O–H groups in total. The number of aromatic nitrogens is 3. The number of carbonyl (C=O) groups excluding carboxylic acids is 5. The third-order valence-electron chi connectivity index (χ3n) is 7.15. The van der Waals surface area contributed by atoms with E-state index in [1.54, 1.807) is 38.3 Å². The van der Waals surface area contributed by atoms with Crippen molar-refractivity contribution in [2.75, 3.05) is 20.2 Å². The molecule has 0 radical (unpaired) electrons. The van der Waals surface area contributed by atoms with Crippen LogP contribution in [0.1, 0.15) is 57.1 Å². The highest BCUT2D eigenvalue weighted by Crippen LogP contribution is 2.14. The number of amides is 5. The average molecular weight is 599 g/mol. The fraction of sp³-hybridized carbons (Fsp3) is 0.552. The number of benzene rings is 1. The van der Waals surface area contributed by atoms with Crippen LogP contribution in [0.3, 0.4) is 0 Å². The van der Waals surface area contributed by atoms with Crippen molar-refractivity contribution in [1.82, 2.24) is 41.6 Å². The van der Waals surface area contributed by atoms with Gasteiger partial charge in [0.2, 0.25) is 23.6 Å². The van der Waals surface area contributed by atoms with Gasteiger partial charge in [0.15, 0.2) is 5.69 Å². The molecule has 14 nitrogen and oxygen atoms in total. The van der Waals surface area contributed by atoms with E-state index in [1.165, 1.54) is 11.1 Å². The third-order valence-corrected chi connectivity index (χ3v) is 7.15. The molecule has 1 aromatic carbocycles. The van der Waals surface area contributed by atoms with Crippen molar-refractivity contribution in [1.29, 1.82) is 0 Å². The standard InChI is InChI=1S/C29H42N8O6/c1-16(2)11-21-28(41)33-22(12-19-7-9-20(43-6)10-8-19)27(40)31-18(5)26(39)34-24(17(3)4)14-37(15-25(38)32-21)29(42)23-13-30-36-35-23/h7-10,13,16-18,21-22,24H,11-12,14-15H2,1-6H3,(H,31,40)(H,32,38)(H,33,41)(H,34,39)(H,30,35,36)/t18-,21+,22+,24-/m1/s1. The Morgan fingerprint density at radius 2 is 1.63 bits per heavy atom. The number of aromatic amines is 1. The molecule has 1 aromatic heterocycles. The highest BCUT2D eigenvalue weighted by atomic mass is 16.5. The zero-order chi connectivity index (χ0) is 31.7. The van der Waals surface area contributed by atoms with Gasteiger partial charge >= 0.3 is 0 Å². The van der Waals surface area contributed by atoms with Crippen LogP contribution < -0.4 is 26.0 Å². The minimum Gasteiger partial charge on any atom is -0.497 e. The van der Waals surface area contributed by atoms with E-state index in [2.05, 4.69) is 36.7 Å². The molecule has 43 heavy (non-hydrogen) atoms. The lowest BCUT2D eigenvalue weighted by atomic mass is 10.0. The Morgan fingerprint density at radius 3 is 2.21 bits per heavy atom. The molecule has 0 unspecified atom stereocenters. The fourth-order valence-electron chi connectivity index (χ4n) is 4.63. The van der Waals surface area contributed by atoms with Gasteiger partial charge in [0.05, 0.1) is 19.9 Å². The second-order valence-electron chi connectivity index (χ2n) is 11.5. The van der Waals surface area contributed by atoms with Gasteiger partial charge in [-0.05, 0) is 42.9 Å². The summed E-state index contributed by atoms with van der Waals surface area (Å²) in [4.78, 5) is 68.1. The molecule has 2 heterocycles. The molecule has 1 aliphatic rings. The average Bonchev–Trinajstić information content (AvgIpc) is 3.49. The van der Waals surface area contributed by atoms with Crippen LogP contribution in [-0.2, 0) is 25.6 Å². The summed E-state index contributed by atoms with van der Waals surface area (Å²) in [6.07, 6.45) is 1.66. The molecule has 0 bridgehead atoms. The van der Waals surface area contributed by atoms with Crippen LogP contribution in [0.15, 0.2) is 30.5 Å². The van der Waals surface area contributed by atoms with E-state index >= 15 is 0 Å². The van der Waals surface area contributed by atoms with Crippen molar-refractivity contribution >= 4 is 29.5 Å². The predicted molar refractivity (Wildman–Crippen MR) is 157 cm³/mol. The number of H-pyrrole nitrogens is 1. The van der Waals surface area contributed by atoms with E-state index < -0.39 is 60.2 Å². The topological polar surface area (TPSA) is 188 Å². The summed E-state index contributed by atoms with van der Waals surface area (Å²) in [5, 5.41) is 21.1. The Morgan fingerprint density at radius 1 is 0.953 bits per heavy atom. The Labute approximate surface area is 251 Å². The van der Waals surface area contributed by atoms with Crippen LogP contribution in [0.2, 0.25) is 0 Å². The molecule has 3 rings (SSSR count). The molecule has 14 heteroatoms. The largest absolute Gasteiger partial charge is 0.497 e. The van der Waals surface area contributed by atoms with Crippen LogP contribution in [-0.4, -0.2) is 94.2 Å². The number of nitrogens with one attached hydrogen (secondary N) is 5. The molecule has 1 aliphatic heterocycles. The van der Waals surface area contributed by atoms with Crippen molar-refractivity contribution < 1.29 is 28.7 Å². The number of ether oxygens (including phenoxy) is 1. The molecule has 1 saturated heterocycles. The lowest BCUT2D eigenvalue weighted by Gasteiger charge is -2.30. The zero-order valence-corrected chi connectivity index (χ0v) is 25.5. The summed E-state index contributed by atoms with van der Waals surface area (Å²) >= 11 is 0. The Bertz CT molecular complexity index is 1260. The van der Waals surface area contributed by atoms with Crippen LogP contribution in [0.5, 0.6) is 5.75 Å². The Kier molecular flexibility index (Phi) is 11.6. The Hall–Kier alpha value is -4.49. The zero-order valence-electron chi connectivity index (χ0n) is 25.5. The number of hydrogen-bond acceptors (Lipinski definition) is 8. The summed E-state index contributed by atoms with van der Waals surface area (Å²) in [6, 6.07) is 3.51. The maximum atomic E-state index is 13.6. The molecule has 234 valence electrons. The lowest BCUT2D eigenvalue weighted by molar-refractivity contribution is -0.133. The first kappa shape index (κ1) is 33.0. The van der Waals surface area contributed by atoms with Crippen molar-refractivity contribution in [3.05, 3.63) is 41.7 Å². The highest BCUT2D eigenvalue weighted by Gasteiger charge is 2.33. The van der Waals surface area contributed by atoms with Crippen molar-refractivity contribution in [2.24, 2.45) is 11.8 Å². The highest BCUT2D eigenvalue weighted by molar-refractivity contribution is 5.97. The number of hydrogen-bond donors (Lipinski definition) is 5. The molecule has 2 aromatic rings. The Balaban J connectivity index is 1.97. The molecular formula is C29H42N8O6. The van der Waals surface area contributed by atoms with Gasteiger partial charge in [-0.2, -0.15) is 15.4 Å². The van der Waals surface area contributed by atoms with Crippen LogP contribution >= 0.6 is 0 Å². The number of rotatable bonds is 7. The van der Waals surface area contributed by atoms with Crippen molar-refractivity contribution in [3.63, 3.8) is 0 Å². The summed E-state index contributed by atoms with van der Waals surface area (Å²) in [7, 11) is 1.55. The molecule has 5 amide bonds. The monoisotopic (exact) mass is 598 g/mol. The fourth-order valence-corrected chi connectivity index (χ4v) is 4.63. The molecule has 0 saturated carbocycles. The summed E-state index contributed by atoms with van der Waals surface area (Å²) in [5.41, 5.74) is 0.751. The van der Waals surface area contributed by atoms with E-state index in [-0.39, 0.29) is 36.9 Å². The minimum absolute atomic E-state index is 0.00183. The van der Waals surface area contributed by atoms with Gasteiger partial charge in [0.25, 0.3) is 5.91 Å². The number of nitrogens with zero attached hydrogens (tertiary/aromatic N) is 3. The van der Waals surface area contributed by atoms with Crippen LogP contribution in [0.4, 0.5) is 0 Å². The summed E-state index contributed by atoms with van der Waals surface area (Å²) < 4.78 is 5.21. The van der Waals surface area contributed by atoms with E-state index in [9.17, 15) is 24.0 Å². The van der Waals surface area contributed by atoms with Gasteiger partial charge in [-0.15, -0.1) is 0 Å². The second kappa shape index (κ2) is 15.1. The maximum Gasteiger partial charge on any atom is 0.276 e. The molecule has 4 atom stereocenters. The first-order chi connectivity index (χ1) is 20.4. The van der Waals surface area contributed by atoms with Gasteiger partial charge in [0, 0.05) is 19.0 Å². The van der Waals surface area contributed by atoms with E-state index in [1.807, 2.05) is 27.7 Å². The third kappa shape index (κ3) is 9.51. The SMILES string of the molecule is COc1ccc(C[C@@H]2NC(=O)[C@H](CC(C)C)NC(=O)CN(C(=O)c3cn[nH]n3)C[C@H](C(C)C)NC(=O)[C@@H](C)NC2=O)cc1. The summed E-state index contributed by atoms with van der Waals surface area (Å²) in [5.74, 6) is -2.22. The lowest BCUT2D eigenvalue weighted by Crippen LogP contribution is -2.57. The molecule has 1 fully saturated rings. The molecular weight excluding hydrogens is 556 g/mol. The van der Waals surface area contributed by atoms with Gasteiger partial charge in [-0.3, -0.25) is 24.0 Å². The van der Waals surface area contributed by atoms with E-state index in [0.29, 0.717) is 5.75 Å². The molecule has 0 spiro atoms. The quantitative estimate of drug-likeness (QED) is 0.298. The van der Waals surface area contributed by atoms with Crippen LogP contribution in [0.25, 0.3) is 0 Å². The smallest absolute Gasteiger partial charge is 0.276 e. The van der Waals surface area contributed by atoms with Crippen molar-refractivity contribution in [2.45, 2.75) is 71.6 Å². The first-order valence-electron chi connectivity index (χ1n) is 14.4. The van der Waals surface area contributed by atoms with Crippen molar-refractivity contribution in [3.8, 4) is 5.75 Å². The summed E-state index contributed by atoms with van der Waals surface area (Å²) in [6.45, 7) is 8.67. The van der Waals surface area contributed by atoms with E-state index in [4.69, 9.17) is 4.74 Å². The van der Waals surface area contributed by atoms with Gasteiger partial charge in [-0.25, -0.2) is 0 Å². The van der Waals surface area contributed by atoms with Gasteiger partial charge in [-0.1, -0.05) is 39.8 Å². The predicted octanol–water partition coefficient (Wildman–Crippen LogP) is 0.173. The number of carbonyl (C=O) groups is 5. The van der Waals surface area contributed by atoms with Crippen LogP contribution in [0, 0.1) is 11.8 Å². The normalized spacial score (nSPS) is 22.7. The van der Waals surface area contributed by atoms with E-state index in [0.717, 1.165) is 5.56 Å². The molecule has 0 aliphatic carbocycles. The van der Waals surface area contributed by atoms with Gasteiger partial charge in [0.1, 0.15) is 23.9 Å². The first-order valence-corrected chi connectivity index (χ1v) is 14.4. The maximum absolute atomic E-state index is 13.6.